The Labute approximate surface area is 97.4 Å². The number of halogens is 3. The lowest BCUT2D eigenvalue weighted by Gasteiger charge is -1.94. The van der Waals surface area contributed by atoms with Crippen LogP contribution in [0.1, 0.15) is 6.42 Å². The van der Waals surface area contributed by atoms with Gasteiger partial charge in [-0.2, -0.15) is 8.78 Å². The summed E-state index contributed by atoms with van der Waals surface area (Å²) < 4.78 is 37.2. The van der Waals surface area contributed by atoms with Crippen LogP contribution in [0.4, 0.5) is 13.2 Å². The summed E-state index contributed by atoms with van der Waals surface area (Å²) >= 11 is 4.06. The average molecular weight is 272 g/mol. The van der Waals surface area contributed by atoms with Gasteiger partial charge in [0.25, 0.3) is 0 Å². The maximum absolute atomic E-state index is 12.4. The number of allylic oxidation sites excluding steroid dienone is 1. The number of hydrogen-bond donors (Lipinski definition) is 0. The minimum absolute atomic E-state index is 0.242. The summed E-state index contributed by atoms with van der Waals surface area (Å²) in [6.45, 7) is 0. The molecule has 0 bridgehead atoms. The Morgan fingerprint density at radius 2 is 1.93 bits per heavy atom. The van der Waals surface area contributed by atoms with Crippen LogP contribution in [-0.2, 0) is 0 Å². The smallest absolute Gasteiger partial charge is 0.206 e. The maximum Gasteiger partial charge on any atom is 0.301 e. The van der Waals surface area contributed by atoms with Gasteiger partial charge in [-0.25, -0.2) is 4.39 Å². The van der Waals surface area contributed by atoms with E-state index in [-0.39, 0.29) is 12.2 Å². The highest BCUT2D eigenvalue weighted by Crippen LogP contribution is 2.28. The minimum Gasteiger partial charge on any atom is -0.206 e. The van der Waals surface area contributed by atoms with Gasteiger partial charge in [0.15, 0.2) is 14.5 Å². The number of rotatable bonds is 5. The van der Waals surface area contributed by atoms with Crippen molar-refractivity contribution in [1.82, 2.24) is 10.2 Å². The standard InChI is InChI=1S/C7H7F3N2S3/c1-13-6-11-12-7(15-6)14-3-2-4(8)5(9)10/h2-3H2,1H3. The first kappa shape index (κ1) is 12.9. The lowest BCUT2D eigenvalue weighted by Crippen LogP contribution is -1.82. The van der Waals surface area contributed by atoms with Crippen LogP contribution in [0.5, 0.6) is 0 Å². The molecule has 0 radical (unpaired) electrons. The van der Waals surface area contributed by atoms with E-state index < -0.39 is 11.9 Å². The normalized spacial score (nSPS) is 10.4. The summed E-state index contributed by atoms with van der Waals surface area (Å²) in [7, 11) is 0. The van der Waals surface area contributed by atoms with Gasteiger partial charge in [-0.3, -0.25) is 0 Å². The lowest BCUT2D eigenvalue weighted by molar-refractivity contribution is 0.373. The van der Waals surface area contributed by atoms with Gasteiger partial charge < -0.3 is 0 Å². The molecule has 0 unspecified atom stereocenters. The lowest BCUT2D eigenvalue weighted by atomic mass is 10.4. The van der Waals surface area contributed by atoms with Crippen molar-refractivity contribution in [2.45, 2.75) is 15.1 Å². The van der Waals surface area contributed by atoms with E-state index in [1.165, 1.54) is 34.9 Å². The summed E-state index contributed by atoms with van der Waals surface area (Å²) in [6, 6.07) is 0. The van der Waals surface area contributed by atoms with Crippen LogP contribution >= 0.6 is 34.9 Å². The summed E-state index contributed by atoms with van der Waals surface area (Å²) in [6.07, 6.45) is -0.644. The Kier molecular flexibility index (Phi) is 5.48. The largest absolute Gasteiger partial charge is 0.301 e. The van der Waals surface area contributed by atoms with Gasteiger partial charge in [-0.15, -0.1) is 10.2 Å². The molecule has 8 heteroatoms. The van der Waals surface area contributed by atoms with Crippen LogP contribution in [0, 0.1) is 0 Å². The van der Waals surface area contributed by atoms with Crippen molar-refractivity contribution in [2.24, 2.45) is 0 Å². The molecule has 0 N–H and O–H groups in total. The van der Waals surface area contributed by atoms with E-state index in [1.54, 1.807) is 0 Å². The molecule has 0 spiro atoms. The van der Waals surface area contributed by atoms with Gasteiger partial charge in [0.2, 0.25) is 0 Å². The molecular weight excluding hydrogens is 265 g/mol. The van der Waals surface area contributed by atoms with E-state index in [0.29, 0.717) is 4.34 Å². The van der Waals surface area contributed by atoms with E-state index in [4.69, 9.17) is 0 Å². The quantitative estimate of drug-likeness (QED) is 0.761. The highest BCUT2D eigenvalue weighted by Gasteiger charge is 2.07. The van der Waals surface area contributed by atoms with Crippen LogP contribution in [0.3, 0.4) is 0 Å². The molecule has 1 heterocycles. The fraction of sp³-hybridized carbons (Fsp3) is 0.429. The molecule has 1 rings (SSSR count). The van der Waals surface area contributed by atoms with Crippen molar-refractivity contribution in [3.8, 4) is 0 Å². The Morgan fingerprint density at radius 3 is 2.47 bits per heavy atom. The summed E-state index contributed by atoms with van der Waals surface area (Å²) in [5.74, 6) is -1.11. The van der Waals surface area contributed by atoms with Gasteiger partial charge in [-0.1, -0.05) is 34.9 Å². The topological polar surface area (TPSA) is 25.8 Å². The highest BCUT2D eigenvalue weighted by atomic mass is 32.2. The van der Waals surface area contributed by atoms with Crippen molar-refractivity contribution in [3.63, 3.8) is 0 Å². The monoisotopic (exact) mass is 272 g/mol. The second kappa shape index (κ2) is 6.39. The molecule has 0 fully saturated rings. The Morgan fingerprint density at radius 1 is 1.27 bits per heavy atom. The van der Waals surface area contributed by atoms with Crippen molar-refractivity contribution in [2.75, 3.05) is 12.0 Å². The number of nitrogens with zero attached hydrogens (tertiary/aromatic N) is 2. The van der Waals surface area contributed by atoms with Crippen molar-refractivity contribution >= 4 is 34.9 Å². The van der Waals surface area contributed by atoms with Crippen LogP contribution in [-0.4, -0.2) is 22.2 Å². The van der Waals surface area contributed by atoms with E-state index in [2.05, 4.69) is 10.2 Å². The van der Waals surface area contributed by atoms with Gasteiger partial charge in [0.05, 0.1) is 0 Å². The van der Waals surface area contributed by atoms with Gasteiger partial charge in [0, 0.05) is 12.2 Å². The molecule has 84 valence electrons. The first-order valence-electron chi connectivity index (χ1n) is 3.83. The number of hydrogen-bond acceptors (Lipinski definition) is 5. The zero-order chi connectivity index (χ0) is 11.3. The fourth-order valence-corrected chi connectivity index (χ4v) is 3.10. The summed E-state index contributed by atoms with van der Waals surface area (Å²) in [5.41, 5.74) is 0. The molecule has 1 aromatic rings. The third kappa shape index (κ3) is 4.43. The number of aromatic nitrogens is 2. The predicted octanol–water partition coefficient (Wildman–Crippen LogP) is 3.82. The molecule has 0 aliphatic heterocycles. The van der Waals surface area contributed by atoms with Crippen LogP contribution in [0.2, 0.25) is 0 Å². The minimum atomic E-state index is -2.24. The molecule has 0 saturated carbocycles. The molecule has 1 aromatic heterocycles. The van der Waals surface area contributed by atoms with Crippen molar-refractivity contribution < 1.29 is 13.2 Å². The van der Waals surface area contributed by atoms with E-state index in [0.717, 1.165) is 4.34 Å². The molecule has 0 aromatic carbocycles. The third-order valence-electron chi connectivity index (χ3n) is 1.31. The third-order valence-corrected chi connectivity index (χ3v) is 4.35. The summed E-state index contributed by atoms with van der Waals surface area (Å²) in [5, 5.41) is 7.64. The first-order chi connectivity index (χ1) is 7.13. The fourth-order valence-electron chi connectivity index (χ4n) is 0.660. The first-order valence-corrected chi connectivity index (χ1v) is 6.86. The van der Waals surface area contributed by atoms with Crippen molar-refractivity contribution in [1.29, 1.82) is 0 Å². The van der Waals surface area contributed by atoms with Crippen molar-refractivity contribution in [3.05, 3.63) is 11.9 Å². The zero-order valence-corrected chi connectivity index (χ0v) is 10.1. The van der Waals surface area contributed by atoms with E-state index in [1.807, 2.05) is 6.26 Å². The van der Waals surface area contributed by atoms with Gasteiger partial charge in [-0.05, 0) is 6.26 Å². The highest BCUT2D eigenvalue weighted by molar-refractivity contribution is 8.02. The molecule has 15 heavy (non-hydrogen) atoms. The second-order valence-electron chi connectivity index (χ2n) is 2.30. The molecule has 2 nitrogen and oxygen atoms in total. The van der Waals surface area contributed by atoms with Crippen LogP contribution < -0.4 is 0 Å². The SMILES string of the molecule is CSc1nnc(SCCC(F)=C(F)F)s1. The van der Waals surface area contributed by atoms with Crippen LogP contribution in [0.25, 0.3) is 0 Å². The van der Waals surface area contributed by atoms with Gasteiger partial charge in [0.1, 0.15) is 0 Å². The predicted molar refractivity (Wildman–Crippen MR) is 57.4 cm³/mol. The molecule has 0 aliphatic rings. The second-order valence-corrected chi connectivity index (χ2v) is 5.67. The van der Waals surface area contributed by atoms with Gasteiger partial charge >= 0.3 is 6.08 Å². The molecule has 0 aliphatic carbocycles. The molecule has 0 saturated heterocycles. The molecular formula is C7H7F3N2S3. The Hall–Kier alpha value is -0.210. The maximum atomic E-state index is 12.4. The van der Waals surface area contributed by atoms with E-state index in [9.17, 15) is 13.2 Å². The molecule has 0 amide bonds. The molecule has 0 atom stereocenters. The zero-order valence-electron chi connectivity index (χ0n) is 7.67. The van der Waals surface area contributed by atoms with E-state index >= 15 is 0 Å². The average Bonchev–Trinajstić information content (AvgIpc) is 2.65. The Bertz CT molecular complexity index is 349. The Balaban J connectivity index is 2.35. The number of thioether (sulfide) groups is 2. The summed E-state index contributed by atoms with van der Waals surface area (Å²) in [4.78, 5) is 0. The van der Waals surface area contributed by atoms with Crippen LogP contribution in [0.15, 0.2) is 20.6 Å².